The van der Waals surface area contributed by atoms with Gasteiger partial charge in [0, 0.05) is 47.2 Å². The van der Waals surface area contributed by atoms with Gasteiger partial charge in [0.05, 0.1) is 6.04 Å². The van der Waals surface area contributed by atoms with Gasteiger partial charge in [0.15, 0.2) is 0 Å². The first-order chi connectivity index (χ1) is 15.6. The quantitative estimate of drug-likeness (QED) is 0.568. The van der Waals surface area contributed by atoms with Crippen LogP contribution in [0.15, 0.2) is 53.9 Å². The Kier molecular flexibility index (Phi) is 6.00. The van der Waals surface area contributed by atoms with Crippen LogP contribution >= 0.6 is 22.9 Å². The Morgan fingerprint density at radius 2 is 1.94 bits per heavy atom. The number of nitrogens with one attached hydrogen (secondary N) is 2. The normalized spacial score (nSPS) is 16.6. The summed E-state index contributed by atoms with van der Waals surface area (Å²) in [5.41, 5.74) is 4.95. The topological polar surface area (TPSA) is 61.4 Å². The van der Waals surface area contributed by atoms with E-state index in [9.17, 15) is 9.59 Å². The van der Waals surface area contributed by atoms with Gasteiger partial charge in [0.25, 0.3) is 5.91 Å². The summed E-state index contributed by atoms with van der Waals surface area (Å²) in [5, 5.41) is 8.87. The summed E-state index contributed by atoms with van der Waals surface area (Å²) in [6.45, 7) is 2.34. The molecule has 0 bridgehead atoms. The number of carbonyl (C=O) groups excluding carboxylic acids is 2. The van der Waals surface area contributed by atoms with E-state index in [0.717, 1.165) is 36.3 Å². The van der Waals surface area contributed by atoms with Crippen molar-refractivity contribution in [2.75, 3.05) is 18.4 Å². The van der Waals surface area contributed by atoms with Crippen LogP contribution in [0.5, 0.6) is 0 Å². The second kappa shape index (κ2) is 9.06. The maximum Gasteiger partial charge on any atom is 0.251 e. The molecule has 2 amide bonds. The van der Waals surface area contributed by atoms with Gasteiger partial charge in [-0.25, -0.2) is 0 Å². The third kappa shape index (κ3) is 4.44. The van der Waals surface area contributed by atoms with E-state index in [1.165, 1.54) is 10.4 Å². The molecule has 5 rings (SSSR count). The van der Waals surface area contributed by atoms with Crippen molar-refractivity contribution in [3.8, 4) is 0 Å². The molecule has 2 aliphatic rings. The van der Waals surface area contributed by atoms with Gasteiger partial charge in [0.1, 0.15) is 0 Å². The molecule has 5 nitrogen and oxygen atoms in total. The van der Waals surface area contributed by atoms with Crippen molar-refractivity contribution in [1.29, 1.82) is 0 Å². The standard InChI is InChI=1S/C25H24ClN3O2S/c26-20-5-1-16(2-6-20)22(29-11-9-23-19(15-29)10-12-32-23)14-27-25(31)18-3-7-21-17(13-18)4-8-24(30)28-21/h1-3,5-7,10,12-13,22H,4,8-9,11,14-15H2,(H,27,31)(H,28,30). The Hall–Kier alpha value is -2.67. The molecule has 1 atom stereocenters. The van der Waals surface area contributed by atoms with E-state index in [1.54, 1.807) is 6.07 Å². The van der Waals surface area contributed by atoms with Crippen molar-refractivity contribution < 1.29 is 9.59 Å². The van der Waals surface area contributed by atoms with Gasteiger partial charge in [-0.05, 0) is 71.3 Å². The molecular formula is C25H24ClN3O2S. The largest absolute Gasteiger partial charge is 0.350 e. The summed E-state index contributed by atoms with van der Waals surface area (Å²) in [7, 11) is 0. The molecule has 164 valence electrons. The fourth-order valence-corrected chi connectivity index (χ4v) is 5.51. The summed E-state index contributed by atoms with van der Waals surface area (Å²) in [5.74, 6) is -0.0762. The molecular weight excluding hydrogens is 442 g/mol. The summed E-state index contributed by atoms with van der Waals surface area (Å²) in [4.78, 5) is 28.5. The third-order valence-corrected chi connectivity index (χ3v) is 7.53. The number of aryl methyl sites for hydroxylation is 1. The number of amides is 2. The Balaban J connectivity index is 1.33. The Morgan fingerprint density at radius 1 is 1.09 bits per heavy atom. The van der Waals surface area contributed by atoms with Crippen LogP contribution in [0, 0.1) is 0 Å². The molecule has 1 unspecified atom stereocenters. The number of anilines is 1. The van der Waals surface area contributed by atoms with Gasteiger partial charge in [-0.15, -0.1) is 11.3 Å². The second-order valence-corrected chi connectivity index (χ2v) is 9.72. The average molecular weight is 466 g/mol. The van der Waals surface area contributed by atoms with Crippen LogP contribution in [0.4, 0.5) is 5.69 Å². The van der Waals surface area contributed by atoms with E-state index in [0.29, 0.717) is 30.0 Å². The van der Waals surface area contributed by atoms with Crippen LogP contribution in [-0.2, 0) is 24.2 Å². The number of rotatable bonds is 5. The minimum atomic E-state index is -0.100. The molecule has 0 spiro atoms. The van der Waals surface area contributed by atoms with Gasteiger partial charge >= 0.3 is 0 Å². The van der Waals surface area contributed by atoms with E-state index in [2.05, 4.69) is 27.0 Å². The zero-order valence-corrected chi connectivity index (χ0v) is 19.1. The molecule has 0 aliphatic carbocycles. The second-order valence-electron chi connectivity index (χ2n) is 8.29. The smallest absolute Gasteiger partial charge is 0.251 e. The number of benzene rings is 2. The highest BCUT2D eigenvalue weighted by atomic mass is 35.5. The number of carbonyl (C=O) groups is 2. The minimum absolute atomic E-state index is 0.0239. The highest BCUT2D eigenvalue weighted by Gasteiger charge is 2.26. The zero-order valence-electron chi connectivity index (χ0n) is 17.6. The SMILES string of the molecule is O=C1CCc2cc(C(=O)NCC(c3ccc(Cl)cc3)N3CCc4sccc4C3)ccc2N1. The lowest BCUT2D eigenvalue weighted by Crippen LogP contribution is -2.40. The molecule has 2 aliphatic heterocycles. The van der Waals surface area contributed by atoms with Crippen LogP contribution in [0.1, 0.15) is 44.4 Å². The van der Waals surface area contributed by atoms with Gasteiger partial charge in [-0.3, -0.25) is 14.5 Å². The van der Waals surface area contributed by atoms with Crippen LogP contribution in [0.3, 0.4) is 0 Å². The first-order valence-electron chi connectivity index (χ1n) is 10.8. The van der Waals surface area contributed by atoms with E-state index in [1.807, 2.05) is 47.7 Å². The van der Waals surface area contributed by atoms with Gasteiger partial charge in [-0.1, -0.05) is 23.7 Å². The van der Waals surface area contributed by atoms with Crippen LogP contribution in [-0.4, -0.2) is 29.8 Å². The maximum absolute atomic E-state index is 13.0. The molecule has 0 fully saturated rings. The maximum atomic E-state index is 13.0. The number of hydrogen-bond donors (Lipinski definition) is 2. The van der Waals surface area contributed by atoms with Gasteiger partial charge < -0.3 is 10.6 Å². The van der Waals surface area contributed by atoms with Crippen molar-refractivity contribution >= 4 is 40.4 Å². The zero-order chi connectivity index (χ0) is 22.1. The first-order valence-corrected chi connectivity index (χ1v) is 12.1. The van der Waals surface area contributed by atoms with Crippen LogP contribution in [0.25, 0.3) is 0 Å². The molecule has 1 aromatic heterocycles. The van der Waals surface area contributed by atoms with Crippen molar-refractivity contribution in [2.45, 2.75) is 31.8 Å². The molecule has 2 N–H and O–H groups in total. The Morgan fingerprint density at radius 3 is 2.78 bits per heavy atom. The molecule has 0 saturated heterocycles. The number of fused-ring (bicyclic) bond motifs is 2. The van der Waals surface area contributed by atoms with Crippen molar-refractivity contribution in [1.82, 2.24) is 10.2 Å². The predicted octanol–water partition coefficient (Wildman–Crippen LogP) is 4.82. The van der Waals surface area contributed by atoms with E-state index in [-0.39, 0.29) is 17.9 Å². The lowest BCUT2D eigenvalue weighted by Gasteiger charge is -2.35. The summed E-state index contributed by atoms with van der Waals surface area (Å²) >= 11 is 7.94. The van der Waals surface area contributed by atoms with Crippen molar-refractivity contribution in [2.24, 2.45) is 0 Å². The Bertz CT molecular complexity index is 1160. The molecule has 7 heteroatoms. The van der Waals surface area contributed by atoms with Gasteiger partial charge in [0.2, 0.25) is 5.91 Å². The summed E-state index contributed by atoms with van der Waals surface area (Å²) < 4.78 is 0. The van der Waals surface area contributed by atoms with E-state index >= 15 is 0 Å². The van der Waals surface area contributed by atoms with E-state index < -0.39 is 0 Å². The minimum Gasteiger partial charge on any atom is -0.350 e. The number of nitrogens with zero attached hydrogens (tertiary/aromatic N) is 1. The molecule has 3 heterocycles. The molecule has 32 heavy (non-hydrogen) atoms. The van der Waals surface area contributed by atoms with Gasteiger partial charge in [-0.2, -0.15) is 0 Å². The van der Waals surface area contributed by atoms with Crippen molar-refractivity contribution in [3.63, 3.8) is 0 Å². The molecule has 3 aromatic rings. The number of halogens is 1. The molecule has 0 radical (unpaired) electrons. The summed E-state index contributed by atoms with van der Waals surface area (Å²) in [6.07, 6.45) is 2.14. The lowest BCUT2D eigenvalue weighted by atomic mass is 9.99. The fourth-order valence-electron chi connectivity index (χ4n) is 4.50. The fraction of sp³-hybridized carbons (Fsp3) is 0.280. The predicted molar refractivity (Wildman–Crippen MR) is 128 cm³/mol. The van der Waals surface area contributed by atoms with Crippen LogP contribution in [0.2, 0.25) is 5.02 Å². The average Bonchev–Trinajstić information content (AvgIpc) is 3.28. The lowest BCUT2D eigenvalue weighted by molar-refractivity contribution is -0.116. The number of hydrogen-bond acceptors (Lipinski definition) is 4. The molecule has 0 saturated carbocycles. The monoisotopic (exact) mass is 465 g/mol. The summed E-state index contributed by atoms with van der Waals surface area (Å²) in [6, 6.07) is 15.6. The third-order valence-electron chi connectivity index (χ3n) is 6.25. The number of thiophene rings is 1. The Labute approximate surface area is 196 Å². The molecule has 2 aromatic carbocycles. The first kappa shape index (κ1) is 21.2. The highest BCUT2D eigenvalue weighted by Crippen LogP contribution is 2.31. The van der Waals surface area contributed by atoms with Crippen LogP contribution < -0.4 is 10.6 Å². The highest BCUT2D eigenvalue weighted by molar-refractivity contribution is 7.10. The van der Waals surface area contributed by atoms with E-state index in [4.69, 9.17) is 11.6 Å². The van der Waals surface area contributed by atoms with Crippen molar-refractivity contribution in [3.05, 3.63) is 86.1 Å².